The van der Waals surface area contributed by atoms with Gasteiger partial charge in [-0.25, -0.2) is 14.8 Å². The van der Waals surface area contributed by atoms with E-state index in [0.29, 0.717) is 5.01 Å². The van der Waals surface area contributed by atoms with Crippen LogP contribution in [0.2, 0.25) is 5.15 Å². The van der Waals surface area contributed by atoms with Crippen molar-refractivity contribution < 1.29 is 9.63 Å². The van der Waals surface area contributed by atoms with Gasteiger partial charge < -0.3 is 4.84 Å². The zero-order chi connectivity index (χ0) is 14.7. The number of thiazole rings is 1. The smallest absolute Gasteiger partial charge is 0.313 e. The highest BCUT2D eigenvalue weighted by atomic mass is 35.5. The Morgan fingerprint density at radius 3 is 2.95 bits per heavy atom. The molecule has 0 radical (unpaired) electrons. The number of rotatable bonds is 3. The van der Waals surface area contributed by atoms with Crippen molar-refractivity contribution in [3.63, 3.8) is 0 Å². The van der Waals surface area contributed by atoms with Gasteiger partial charge in [0.25, 0.3) is 0 Å². The fourth-order valence-corrected chi connectivity index (χ4v) is 2.68. The summed E-state index contributed by atoms with van der Waals surface area (Å²) in [5.41, 5.74) is 1.05. The van der Waals surface area contributed by atoms with Gasteiger partial charge in [-0.05, 0) is 24.3 Å². The van der Waals surface area contributed by atoms with Gasteiger partial charge in [0.15, 0.2) is 0 Å². The maximum atomic E-state index is 11.8. The van der Waals surface area contributed by atoms with Gasteiger partial charge in [0.2, 0.25) is 0 Å². The van der Waals surface area contributed by atoms with Crippen molar-refractivity contribution in [2.24, 2.45) is 5.16 Å². The van der Waals surface area contributed by atoms with Crippen LogP contribution in [0.3, 0.4) is 0 Å². The van der Waals surface area contributed by atoms with Gasteiger partial charge in [-0.3, -0.25) is 0 Å². The molecule has 3 aromatic rings. The number of carbonyl (C=O) groups is 1. The Balaban J connectivity index is 1.72. The van der Waals surface area contributed by atoms with Crippen LogP contribution in [0.4, 0.5) is 0 Å². The first-order valence-corrected chi connectivity index (χ1v) is 7.14. The van der Waals surface area contributed by atoms with Crippen LogP contribution < -0.4 is 0 Å². The summed E-state index contributed by atoms with van der Waals surface area (Å²) in [6, 6.07) is 10.8. The van der Waals surface area contributed by atoms with E-state index < -0.39 is 5.97 Å². The number of aromatic nitrogens is 2. The quantitative estimate of drug-likeness (QED) is 0.321. The molecule has 2 heterocycles. The van der Waals surface area contributed by atoms with Crippen LogP contribution >= 0.6 is 22.9 Å². The molecule has 104 valence electrons. The van der Waals surface area contributed by atoms with Crippen molar-refractivity contribution >= 4 is 45.3 Å². The number of pyridine rings is 1. The van der Waals surface area contributed by atoms with Gasteiger partial charge >= 0.3 is 5.97 Å². The molecule has 2 aromatic heterocycles. The Morgan fingerprint density at radius 2 is 2.14 bits per heavy atom. The molecule has 0 unspecified atom stereocenters. The van der Waals surface area contributed by atoms with E-state index in [2.05, 4.69) is 15.1 Å². The second kappa shape index (κ2) is 5.99. The van der Waals surface area contributed by atoms with Gasteiger partial charge in [0.05, 0.1) is 15.8 Å². The number of para-hydroxylation sites is 1. The van der Waals surface area contributed by atoms with Gasteiger partial charge in [0, 0.05) is 6.20 Å². The Kier molecular flexibility index (Phi) is 3.89. The molecule has 0 aliphatic heterocycles. The van der Waals surface area contributed by atoms with Gasteiger partial charge in [-0.2, -0.15) is 0 Å². The second-order valence-electron chi connectivity index (χ2n) is 3.97. The van der Waals surface area contributed by atoms with Crippen molar-refractivity contribution in [1.82, 2.24) is 9.97 Å². The van der Waals surface area contributed by atoms with E-state index in [1.165, 1.54) is 29.8 Å². The molecule has 0 saturated carbocycles. The van der Waals surface area contributed by atoms with Crippen LogP contribution in [0.25, 0.3) is 10.2 Å². The molecule has 0 atom stereocenters. The highest BCUT2D eigenvalue weighted by Crippen LogP contribution is 2.20. The molecule has 0 saturated heterocycles. The van der Waals surface area contributed by atoms with E-state index in [1.807, 2.05) is 24.3 Å². The van der Waals surface area contributed by atoms with Crippen molar-refractivity contribution in [1.29, 1.82) is 0 Å². The van der Waals surface area contributed by atoms with Gasteiger partial charge in [0.1, 0.15) is 16.4 Å². The van der Waals surface area contributed by atoms with E-state index >= 15 is 0 Å². The highest BCUT2D eigenvalue weighted by molar-refractivity contribution is 7.20. The van der Waals surface area contributed by atoms with Crippen LogP contribution in [-0.4, -0.2) is 22.2 Å². The molecule has 0 bridgehead atoms. The summed E-state index contributed by atoms with van der Waals surface area (Å²) in [5.74, 6) is -0.662. The predicted octanol–water partition coefficient (Wildman–Crippen LogP) is 3.54. The standard InChI is InChI=1S/C14H8ClN3O2S/c15-13-9(4-3-7-16-13)14(19)20-17-8-12-18-10-5-1-2-6-11(10)21-12/h1-8H. The second-order valence-corrected chi connectivity index (χ2v) is 5.40. The van der Waals surface area contributed by atoms with Crippen LogP contribution in [0.1, 0.15) is 15.4 Å². The molecule has 0 fully saturated rings. The normalized spacial score (nSPS) is 11.1. The SMILES string of the molecule is O=C(ON=Cc1nc2ccccc2s1)c1cccnc1Cl. The van der Waals surface area contributed by atoms with Crippen molar-refractivity contribution in [2.75, 3.05) is 0 Å². The molecule has 0 amide bonds. The van der Waals surface area contributed by atoms with E-state index in [0.717, 1.165) is 10.2 Å². The lowest BCUT2D eigenvalue weighted by Gasteiger charge is -1.98. The summed E-state index contributed by atoms with van der Waals surface area (Å²) in [7, 11) is 0. The lowest BCUT2D eigenvalue weighted by Crippen LogP contribution is -2.02. The average molecular weight is 318 g/mol. The lowest BCUT2D eigenvalue weighted by molar-refractivity contribution is 0.0519. The third-order valence-electron chi connectivity index (χ3n) is 2.59. The molecule has 0 aliphatic rings. The Hall–Kier alpha value is -2.31. The summed E-state index contributed by atoms with van der Waals surface area (Å²) < 4.78 is 1.04. The first kappa shape index (κ1) is 13.7. The highest BCUT2D eigenvalue weighted by Gasteiger charge is 2.12. The maximum absolute atomic E-state index is 11.8. The maximum Gasteiger partial charge on any atom is 0.368 e. The number of benzene rings is 1. The number of hydrogen-bond donors (Lipinski definition) is 0. The largest absolute Gasteiger partial charge is 0.368 e. The van der Waals surface area contributed by atoms with Crippen LogP contribution in [0, 0.1) is 0 Å². The van der Waals surface area contributed by atoms with Crippen molar-refractivity contribution in [2.45, 2.75) is 0 Å². The van der Waals surface area contributed by atoms with Crippen LogP contribution in [0.15, 0.2) is 47.8 Å². The van der Waals surface area contributed by atoms with Crippen molar-refractivity contribution in [3.05, 3.63) is 58.3 Å². The fourth-order valence-electron chi connectivity index (χ4n) is 1.65. The molecule has 0 N–H and O–H groups in total. The molecule has 0 aliphatic carbocycles. The Labute approximate surface area is 128 Å². The van der Waals surface area contributed by atoms with Crippen LogP contribution in [-0.2, 0) is 4.84 Å². The number of hydrogen-bond acceptors (Lipinski definition) is 6. The molecule has 0 spiro atoms. The minimum absolute atomic E-state index is 0.0812. The summed E-state index contributed by atoms with van der Waals surface area (Å²) in [6.45, 7) is 0. The van der Waals surface area contributed by atoms with E-state index in [1.54, 1.807) is 6.07 Å². The molecule has 3 rings (SSSR count). The van der Waals surface area contributed by atoms with Crippen LogP contribution in [0.5, 0.6) is 0 Å². The molecular weight excluding hydrogens is 310 g/mol. The van der Waals surface area contributed by atoms with E-state index in [4.69, 9.17) is 16.4 Å². The van der Waals surface area contributed by atoms with Gasteiger partial charge in [-0.15, -0.1) is 11.3 Å². The number of halogens is 1. The van der Waals surface area contributed by atoms with E-state index in [-0.39, 0.29) is 10.7 Å². The molecular formula is C14H8ClN3O2S. The fraction of sp³-hybridized carbons (Fsp3) is 0. The molecule has 21 heavy (non-hydrogen) atoms. The summed E-state index contributed by atoms with van der Waals surface area (Å²) in [4.78, 5) is 24.7. The Morgan fingerprint density at radius 1 is 1.29 bits per heavy atom. The van der Waals surface area contributed by atoms with Crippen molar-refractivity contribution in [3.8, 4) is 0 Å². The minimum atomic E-state index is -0.662. The monoisotopic (exact) mass is 317 g/mol. The lowest BCUT2D eigenvalue weighted by atomic mass is 10.3. The third-order valence-corrected chi connectivity index (χ3v) is 3.86. The van der Waals surface area contributed by atoms with E-state index in [9.17, 15) is 4.79 Å². The number of fused-ring (bicyclic) bond motifs is 1. The molecule has 1 aromatic carbocycles. The summed E-state index contributed by atoms with van der Waals surface area (Å²) in [6.07, 6.45) is 2.89. The molecule has 7 heteroatoms. The zero-order valence-corrected chi connectivity index (χ0v) is 12.1. The third kappa shape index (κ3) is 3.07. The number of nitrogens with zero attached hydrogens (tertiary/aromatic N) is 3. The first-order valence-electron chi connectivity index (χ1n) is 5.95. The Bertz CT molecular complexity index is 799. The number of carbonyl (C=O) groups excluding carboxylic acids is 1. The summed E-state index contributed by atoms with van der Waals surface area (Å²) >= 11 is 7.25. The predicted molar refractivity (Wildman–Crippen MR) is 81.9 cm³/mol. The average Bonchev–Trinajstić information content (AvgIpc) is 2.90. The van der Waals surface area contributed by atoms with Gasteiger partial charge in [-0.1, -0.05) is 28.9 Å². The molecule has 5 nitrogen and oxygen atoms in total. The number of oxime groups is 1. The minimum Gasteiger partial charge on any atom is -0.313 e. The summed E-state index contributed by atoms with van der Waals surface area (Å²) in [5, 5.41) is 4.38. The topological polar surface area (TPSA) is 64.4 Å². The first-order chi connectivity index (χ1) is 10.2. The zero-order valence-electron chi connectivity index (χ0n) is 10.6.